The third-order valence-corrected chi connectivity index (χ3v) is 1.25. The third kappa shape index (κ3) is 2.72. The summed E-state index contributed by atoms with van der Waals surface area (Å²) in [6.45, 7) is 2.16. The van der Waals surface area contributed by atoms with Gasteiger partial charge in [-0.05, 0) is 12.0 Å². The van der Waals surface area contributed by atoms with Crippen LogP contribution in [0.1, 0.15) is 12.5 Å². The molecule has 1 aromatic carbocycles. The summed E-state index contributed by atoms with van der Waals surface area (Å²) in [7, 11) is 0. The summed E-state index contributed by atoms with van der Waals surface area (Å²) in [6, 6.07) is 10.5. The van der Waals surface area contributed by atoms with Crippen LogP contribution in [0.25, 0.3) is 0 Å². The van der Waals surface area contributed by atoms with Crippen molar-refractivity contribution in [2.75, 3.05) is 0 Å². The van der Waals surface area contributed by atoms with E-state index in [9.17, 15) is 0 Å². The van der Waals surface area contributed by atoms with E-state index in [0.29, 0.717) is 0 Å². The van der Waals surface area contributed by atoms with Gasteiger partial charge in [0.05, 0.1) is 0 Å². The molecule has 0 spiro atoms. The molecule has 0 radical (unpaired) electrons. The van der Waals surface area contributed by atoms with Crippen LogP contribution >= 0.6 is 0 Å². The Morgan fingerprint density at radius 2 is 1.67 bits per heavy atom. The Hall–Kier alpha value is -0.222. The predicted octanol–water partition coefficient (Wildman–Crippen LogP) is 1.07. The van der Waals surface area contributed by atoms with Crippen LogP contribution in [0, 0.1) is 0 Å². The zero-order valence-corrected chi connectivity index (χ0v) is 8.77. The molecule has 0 aliphatic carbocycles. The molecule has 0 bridgehead atoms. The van der Waals surface area contributed by atoms with Crippen molar-refractivity contribution >= 4 is 18.0 Å². The molecule has 1 unspecified atom stereocenters. The van der Waals surface area contributed by atoms with Crippen molar-refractivity contribution < 1.29 is 0 Å². The fourth-order valence-electron chi connectivity index (χ4n) is 0.714. The molecule has 0 nitrogen and oxygen atoms in total. The first-order valence-electron chi connectivity index (χ1n) is 2.97. The quantitative estimate of drug-likeness (QED) is 0.572. The molecule has 0 heterocycles. The molecule has 0 fully saturated rings. The van der Waals surface area contributed by atoms with Crippen LogP contribution < -0.4 is 0 Å². The summed E-state index contributed by atoms with van der Waals surface area (Å²) in [5.41, 5.74) is 1.41. The van der Waals surface area contributed by atoms with E-state index in [4.69, 9.17) is 0 Å². The minimum atomic E-state index is 0. The maximum absolute atomic E-state index is 2.16. The summed E-state index contributed by atoms with van der Waals surface area (Å²) >= 11 is 0. The molecule has 0 aliphatic heterocycles. The van der Waals surface area contributed by atoms with Crippen LogP contribution in [0.3, 0.4) is 0 Å². The molecule has 0 aromatic heterocycles. The van der Waals surface area contributed by atoms with Gasteiger partial charge in [0.1, 0.15) is 0 Å². The van der Waals surface area contributed by atoms with Crippen LogP contribution in [0.4, 0.5) is 0 Å². The van der Waals surface area contributed by atoms with E-state index in [2.05, 4.69) is 31.2 Å². The summed E-state index contributed by atoms with van der Waals surface area (Å²) in [6.07, 6.45) is 1.14. The standard InChI is InChI=1S/C8H10.AsH3/c1-2-8-6-4-3-5-7-8;/h3-7H,2H2,1H3;1H3. The fraction of sp³-hybridized carbons (Fsp3) is 0.250. The van der Waals surface area contributed by atoms with E-state index in [1.165, 1.54) is 5.56 Å². The number of aryl methyl sites for hydroxylation is 1. The van der Waals surface area contributed by atoms with E-state index < -0.39 is 0 Å². The molecule has 1 heteroatoms. The molecule has 1 rings (SSSR count). The van der Waals surface area contributed by atoms with Gasteiger partial charge in [-0.3, -0.25) is 0 Å². The summed E-state index contributed by atoms with van der Waals surface area (Å²) in [5, 5.41) is 0. The maximum atomic E-state index is 2.16. The normalized spacial score (nSPS) is 8.11. The second-order valence-corrected chi connectivity index (χ2v) is 1.84. The van der Waals surface area contributed by atoms with Crippen LogP contribution in [-0.4, -0.2) is 18.0 Å². The predicted molar refractivity (Wildman–Crippen MR) is 45.8 cm³/mol. The molecule has 9 heavy (non-hydrogen) atoms. The zero-order chi connectivity index (χ0) is 5.82. The van der Waals surface area contributed by atoms with Crippen LogP contribution in [0.5, 0.6) is 0 Å². The first-order chi connectivity index (χ1) is 3.93. The van der Waals surface area contributed by atoms with E-state index >= 15 is 0 Å². The molecule has 50 valence electrons. The summed E-state index contributed by atoms with van der Waals surface area (Å²) in [4.78, 5) is 0. The Balaban J connectivity index is 0.000000640. The third-order valence-electron chi connectivity index (χ3n) is 1.25. The Morgan fingerprint density at radius 1 is 1.11 bits per heavy atom. The Morgan fingerprint density at radius 3 is 2.00 bits per heavy atom. The Labute approximate surface area is 67.6 Å². The van der Waals surface area contributed by atoms with Gasteiger partial charge in [-0.15, -0.1) is 0 Å². The van der Waals surface area contributed by atoms with Gasteiger partial charge in [-0.2, -0.15) is 0 Å². The van der Waals surface area contributed by atoms with Gasteiger partial charge in [0.2, 0.25) is 0 Å². The van der Waals surface area contributed by atoms with Crippen LogP contribution in [0.15, 0.2) is 30.3 Å². The van der Waals surface area contributed by atoms with E-state index in [0.717, 1.165) is 6.42 Å². The SMILES string of the molecule is CCc1ccccc1.[AsH3]. The van der Waals surface area contributed by atoms with Crippen molar-refractivity contribution in [2.24, 2.45) is 0 Å². The Bertz CT molecular complexity index is 146. The number of hydrogen-bond donors (Lipinski definition) is 0. The summed E-state index contributed by atoms with van der Waals surface area (Å²) < 4.78 is 0. The van der Waals surface area contributed by atoms with Gasteiger partial charge in [0.15, 0.2) is 0 Å². The number of hydrogen-bond acceptors (Lipinski definition) is 0. The van der Waals surface area contributed by atoms with Gasteiger partial charge in [-0.1, -0.05) is 37.3 Å². The van der Waals surface area contributed by atoms with Crippen LogP contribution in [0.2, 0.25) is 0 Å². The number of rotatable bonds is 1. The van der Waals surface area contributed by atoms with Crippen molar-refractivity contribution in [1.29, 1.82) is 0 Å². The molecule has 0 amide bonds. The van der Waals surface area contributed by atoms with Gasteiger partial charge < -0.3 is 0 Å². The fourth-order valence-corrected chi connectivity index (χ4v) is 0.714. The molecular weight excluding hydrogens is 171 g/mol. The minimum absolute atomic E-state index is 0. The monoisotopic (exact) mass is 184 g/mol. The zero-order valence-electron chi connectivity index (χ0n) is 5.80. The average Bonchev–Trinajstić information content (AvgIpc) is 1.90. The second kappa shape index (κ2) is 4.64. The topological polar surface area (TPSA) is 0 Å². The first-order valence-corrected chi connectivity index (χ1v) is 2.97. The van der Waals surface area contributed by atoms with Crippen LogP contribution in [-0.2, 0) is 6.42 Å². The van der Waals surface area contributed by atoms with E-state index in [-0.39, 0.29) is 18.0 Å². The molecule has 1 aromatic rings. The molecule has 0 N–H and O–H groups in total. The average molecular weight is 184 g/mol. The molecule has 1 atom stereocenters. The Kier molecular flexibility index (Phi) is 4.52. The summed E-state index contributed by atoms with van der Waals surface area (Å²) in [5.74, 6) is 0. The first kappa shape index (κ1) is 8.78. The van der Waals surface area contributed by atoms with Gasteiger partial charge in [0.25, 0.3) is 0 Å². The van der Waals surface area contributed by atoms with Gasteiger partial charge in [0, 0.05) is 0 Å². The van der Waals surface area contributed by atoms with E-state index in [1.807, 2.05) is 6.07 Å². The van der Waals surface area contributed by atoms with E-state index in [1.54, 1.807) is 0 Å². The van der Waals surface area contributed by atoms with Gasteiger partial charge in [-0.25, -0.2) is 0 Å². The van der Waals surface area contributed by atoms with Crippen molar-refractivity contribution in [3.8, 4) is 0 Å². The van der Waals surface area contributed by atoms with Gasteiger partial charge >= 0.3 is 18.0 Å². The van der Waals surface area contributed by atoms with Crippen molar-refractivity contribution in [3.05, 3.63) is 35.9 Å². The molecular formula is C8H13As. The van der Waals surface area contributed by atoms with Crippen molar-refractivity contribution in [1.82, 2.24) is 0 Å². The van der Waals surface area contributed by atoms with Crippen molar-refractivity contribution in [3.63, 3.8) is 0 Å². The second-order valence-electron chi connectivity index (χ2n) is 1.84. The molecule has 0 saturated carbocycles. The molecule has 0 aliphatic rings. The van der Waals surface area contributed by atoms with Crippen molar-refractivity contribution in [2.45, 2.75) is 13.3 Å². The number of benzene rings is 1. The molecule has 0 saturated heterocycles.